The predicted molar refractivity (Wildman–Crippen MR) is 36.2 cm³/mol. The monoisotopic (exact) mass is 123 g/mol. The molecule has 2 aliphatic heterocycles. The Kier molecular flexibility index (Phi) is 0.704. The molecule has 50 valence electrons. The zero-order valence-corrected chi connectivity index (χ0v) is 5.71. The lowest BCUT2D eigenvalue weighted by Crippen LogP contribution is -2.19. The maximum Gasteiger partial charge on any atom is 0.0257 e. The summed E-state index contributed by atoms with van der Waals surface area (Å²) in [6, 6.07) is 2.13. The lowest BCUT2D eigenvalue weighted by Gasteiger charge is -2.21. The van der Waals surface area contributed by atoms with Crippen molar-refractivity contribution in [2.75, 3.05) is 6.54 Å². The van der Waals surface area contributed by atoms with Gasteiger partial charge in [0.2, 0.25) is 0 Å². The summed E-state index contributed by atoms with van der Waals surface area (Å²) in [7, 11) is 0. The van der Waals surface area contributed by atoms with Crippen molar-refractivity contribution in [2.45, 2.75) is 37.8 Å². The van der Waals surface area contributed by atoms with Gasteiger partial charge in [-0.15, -0.1) is 0 Å². The Hall–Kier alpha value is -0.0400. The summed E-state index contributed by atoms with van der Waals surface area (Å²) < 4.78 is 0. The van der Waals surface area contributed by atoms with E-state index in [9.17, 15) is 0 Å². The van der Waals surface area contributed by atoms with E-state index in [4.69, 9.17) is 0 Å². The topological polar surface area (TPSA) is 3.01 Å². The molecule has 1 nitrogen and oxygen atoms in total. The van der Waals surface area contributed by atoms with Gasteiger partial charge in [-0.05, 0) is 38.1 Å². The second kappa shape index (κ2) is 1.34. The lowest BCUT2D eigenvalue weighted by molar-refractivity contribution is 0.313. The van der Waals surface area contributed by atoms with Gasteiger partial charge in [-0.25, -0.2) is 0 Å². The van der Waals surface area contributed by atoms with Crippen LogP contribution in [0.5, 0.6) is 0 Å². The van der Waals surface area contributed by atoms with Crippen LogP contribution in [0.1, 0.15) is 25.7 Å². The van der Waals surface area contributed by atoms with Crippen molar-refractivity contribution in [1.82, 2.24) is 4.90 Å². The molecule has 0 amide bonds. The van der Waals surface area contributed by atoms with Gasteiger partial charge in [0.25, 0.3) is 0 Å². The smallest absolute Gasteiger partial charge is 0.0257 e. The molecule has 3 fully saturated rings. The van der Waals surface area contributed by atoms with Crippen LogP contribution in [0.15, 0.2) is 0 Å². The zero-order chi connectivity index (χ0) is 5.84. The van der Waals surface area contributed by atoms with Crippen molar-refractivity contribution in [2.24, 2.45) is 5.92 Å². The summed E-state index contributed by atoms with van der Waals surface area (Å²) in [5.74, 6) is 1.13. The van der Waals surface area contributed by atoms with Gasteiger partial charge in [0.15, 0.2) is 0 Å². The van der Waals surface area contributed by atoms with Crippen LogP contribution in [-0.4, -0.2) is 23.5 Å². The van der Waals surface area contributed by atoms with Crippen molar-refractivity contribution >= 4 is 0 Å². The standard InChI is InChI=1S/C8H13N/c1-2-7-8-5-6(1)3-4-9(7)8/h6-8H,1-5H2. The molecule has 2 heterocycles. The molecule has 0 spiro atoms. The fourth-order valence-electron chi connectivity index (χ4n) is 2.83. The molecule has 4 unspecified atom stereocenters. The minimum atomic E-state index is 1.06. The summed E-state index contributed by atoms with van der Waals surface area (Å²) in [6.07, 6.45) is 6.12. The molecule has 2 saturated heterocycles. The average molecular weight is 123 g/mol. The molecule has 3 aliphatic rings. The van der Waals surface area contributed by atoms with Gasteiger partial charge >= 0.3 is 0 Å². The van der Waals surface area contributed by atoms with Crippen molar-refractivity contribution in [1.29, 1.82) is 0 Å². The van der Waals surface area contributed by atoms with Crippen LogP contribution in [0.25, 0.3) is 0 Å². The third-order valence-corrected chi connectivity index (χ3v) is 3.45. The molecule has 1 saturated carbocycles. The Morgan fingerprint density at radius 1 is 1.00 bits per heavy atom. The minimum Gasteiger partial charge on any atom is -0.294 e. The predicted octanol–water partition coefficient (Wildman–Crippen LogP) is 1.24. The number of hydrogen-bond donors (Lipinski definition) is 0. The second-order valence-corrected chi connectivity index (χ2v) is 3.84. The molecule has 1 aliphatic carbocycles. The second-order valence-electron chi connectivity index (χ2n) is 3.84. The largest absolute Gasteiger partial charge is 0.294 e. The number of rotatable bonds is 0. The first-order valence-electron chi connectivity index (χ1n) is 4.21. The summed E-state index contributed by atoms with van der Waals surface area (Å²) in [6.45, 7) is 1.43. The molecule has 0 aromatic rings. The lowest BCUT2D eigenvalue weighted by atomic mass is 9.87. The van der Waals surface area contributed by atoms with Gasteiger partial charge in [0, 0.05) is 12.1 Å². The highest BCUT2D eigenvalue weighted by Gasteiger charge is 2.52. The van der Waals surface area contributed by atoms with E-state index < -0.39 is 0 Å². The van der Waals surface area contributed by atoms with Crippen LogP contribution >= 0.6 is 0 Å². The van der Waals surface area contributed by atoms with E-state index >= 15 is 0 Å². The molecule has 3 rings (SSSR count). The Balaban J connectivity index is 1.92. The SMILES string of the molecule is C1CC2C3CC1CCN23. The zero-order valence-electron chi connectivity index (χ0n) is 5.71. The molecular formula is C8H13N. The Morgan fingerprint density at radius 3 is 2.89 bits per heavy atom. The van der Waals surface area contributed by atoms with Gasteiger partial charge in [0.1, 0.15) is 0 Å². The Labute approximate surface area is 56.0 Å². The third kappa shape index (κ3) is 0.493. The molecule has 0 aromatic carbocycles. The summed E-state index contributed by atoms with van der Waals surface area (Å²) in [5.41, 5.74) is 0. The summed E-state index contributed by atoms with van der Waals surface area (Å²) in [4.78, 5) is 2.70. The fraction of sp³-hybridized carbons (Fsp3) is 1.00. The van der Waals surface area contributed by atoms with Gasteiger partial charge in [0.05, 0.1) is 0 Å². The number of nitrogens with zero attached hydrogens (tertiary/aromatic N) is 1. The van der Waals surface area contributed by atoms with Gasteiger partial charge in [-0.3, -0.25) is 4.90 Å². The summed E-state index contributed by atoms with van der Waals surface area (Å²) >= 11 is 0. The van der Waals surface area contributed by atoms with Crippen LogP contribution in [0.4, 0.5) is 0 Å². The van der Waals surface area contributed by atoms with Crippen LogP contribution < -0.4 is 0 Å². The van der Waals surface area contributed by atoms with E-state index in [0.29, 0.717) is 0 Å². The van der Waals surface area contributed by atoms with Crippen LogP contribution in [0.3, 0.4) is 0 Å². The van der Waals surface area contributed by atoms with E-state index in [1.807, 2.05) is 0 Å². The van der Waals surface area contributed by atoms with Crippen LogP contribution in [-0.2, 0) is 0 Å². The normalized spacial score (nSPS) is 61.3. The molecule has 1 heteroatoms. The van der Waals surface area contributed by atoms with E-state index in [0.717, 1.165) is 18.0 Å². The van der Waals surface area contributed by atoms with Gasteiger partial charge < -0.3 is 0 Å². The van der Waals surface area contributed by atoms with Crippen molar-refractivity contribution in [3.8, 4) is 0 Å². The Bertz CT molecular complexity index is 119. The first kappa shape index (κ1) is 4.73. The van der Waals surface area contributed by atoms with Crippen molar-refractivity contribution in [3.63, 3.8) is 0 Å². The molecule has 2 bridgehead atoms. The maximum atomic E-state index is 2.70. The molecule has 9 heavy (non-hydrogen) atoms. The van der Waals surface area contributed by atoms with Crippen LogP contribution in [0.2, 0.25) is 0 Å². The van der Waals surface area contributed by atoms with Crippen LogP contribution in [0, 0.1) is 5.92 Å². The quantitative estimate of drug-likeness (QED) is 0.438. The van der Waals surface area contributed by atoms with Gasteiger partial charge in [-0.2, -0.15) is 0 Å². The van der Waals surface area contributed by atoms with E-state index in [2.05, 4.69) is 4.90 Å². The van der Waals surface area contributed by atoms with Crippen molar-refractivity contribution in [3.05, 3.63) is 0 Å². The molecule has 0 radical (unpaired) electrons. The van der Waals surface area contributed by atoms with E-state index in [1.165, 1.54) is 25.8 Å². The molecular weight excluding hydrogens is 110 g/mol. The van der Waals surface area contributed by atoms with Crippen molar-refractivity contribution < 1.29 is 0 Å². The third-order valence-electron chi connectivity index (χ3n) is 3.45. The maximum absolute atomic E-state index is 2.70. The first-order valence-corrected chi connectivity index (χ1v) is 4.21. The minimum absolute atomic E-state index is 1.06. The first-order chi connectivity index (χ1) is 4.45. The average Bonchev–Trinajstić information content (AvgIpc) is 2.62. The Morgan fingerprint density at radius 2 is 2.00 bits per heavy atom. The highest BCUT2D eigenvalue weighted by atomic mass is 15.4. The number of fused-ring (bicyclic) bond motifs is 2. The summed E-state index contributed by atoms with van der Waals surface area (Å²) in [5, 5.41) is 0. The van der Waals surface area contributed by atoms with Gasteiger partial charge in [-0.1, -0.05) is 0 Å². The molecule has 0 N–H and O–H groups in total. The van der Waals surface area contributed by atoms with E-state index in [1.54, 1.807) is 6.42 Å². The van der Waals surface area contributed by atoms with E-state index in [-0.39, 0.29) is 0 Å². The number of piperidine rings is 1. The number of hydrogen-bond acceptors (Lipinski definition) is 1. The highest BCUT2D eigenvalue weighted by molar-refractivity contribution is 5.08. The highest BCUT2D eigenvalue weighted by Crippen LogP contribution is 2.47. The molecule has 0 aromatic heterocycles. The molecule has 4 atom stereocenters. The fourth-order valence-corrected chi connectivity index (χ4v) is 2.83.